The second-order valence-electron chi connectivity index (χ2n) is 4.25. The van der Waals surface area contributed by atoms with Crippen LogP contribution in [0.4, 0.5) is 0 Å². The molecule has 2 rings (SSSR count). The van der Waals surface area contributed by atoms with Gasteiger partial charge in [0.2, 0.25) is 0 Å². The molecule has 0 spiro atoms. The van der Waals surface area contributed by atoms with Crippen LogP contribution in [0.25, 0.3) is 0 Å². The molecule has 0 fully saturated rings. The Morgan fingerprint density at radius 3 is 2.40 bits per heavy atom. The van der Waals surface area contributed by atoms with Crippen LogP contribution in [0.2, 0.25) is 0 Å². The van der Waals surface area contributed by atoms with E-state index in [2.05, 4.69) is 20.1 Å². The van der Waals surface area contributed by atoms with Crippen molar-refractivity contribution in [3.8, 4) is 0 Å². The van der Waals surface area contributed by atoms with Crippen LogP contribution in [-0.2, 0) is 0 Å². The molecule has 3 N–H and O–H groups in total. The minimum Gasteiger partial charge on any atom is -0.409 e. The van der Waals surface area contributed by atoms with Crippen LogP contribution in [0.3, 0.4) is 0 Å². The highest BCUT2D eigenvalue weighted by Gasteiger charge is 2.08. The normalized spacial score (nSPS) is 11.7. The predicted molar refractivity (Wildman–Crippen MR) is 77.1 cm³/mol. The minimum atomic E-state index is -0.0235. The molecule has 0 radical (unpaired) electrons. The fourth-order valence-corrected chi connectivity index (χ4v) is 2.39. The monoisotopic (exact) mass is 289 g/mol. The summed E-state index contributed by atoms with van der Waals surface area (Å²) in [6.07, 6.45) is 0. The molecule has 2 aromatic rings. The number of rotatable bonds is 3. The van der Waals surface area contributed by atoms with Crippen molar-refractivity contribution in [1.29, 1.82) is 0 Å². The van der Waals surface area contributed by atoms with E-state index in [4.69, 9.17) is 10.9 Å². The first-order valence-corrected chi connectivity index (χ1v) is 6.77. The molecule has 104 valence electrons. The van der Waals surface area contributed by atoms with Crippen molar-refractivity contribution >= 4 is 17.6 Å². The average molecular weight is 289 g/mol. The topological polar surface area (TPSA) is 97.3 Å². The van der Waals surface area contributed by atoms with Crippen LogP contribution in [0.15, 0.2) is 33.5 Å². The predicted octanol–water partition coefficient (Wildman–Crippen LogP) is 2.04. The lowest BCUT2D eigenvalue weighted by molar-refractivity contribution is 0.318. The summed E-state index contributed by atoms with van der Waals surface area (Å²) < 4.78 is 0. The Balaban J connectivity index is 2.31. The van der Waals surface area contributed by atoms with E-state index in [0.29, 0.717) is 15.9 Å². The van der Waals surface area contributed by atoms with Crippen LogP contribution >= 0.6 is 11.8 Å². The minimum absolute atomic E-state index is 0.0235. The van der Waals surface area contributed by atoms with Crippen LogP contribution in [0.1, 0.15) is 22.6 Å². The van der Waals surface area contributed by atoms with Gasteiger partial charge in [0.05, 0.1) is 0 Å². The van der Waals surface area contributed by atoms with Crippen molar-refractivity contribution in [1.82, 2.24) is 15.0 Å². The Morgan fingerprint density at radius 1 is 1.15 bits per heavy atom. The Kier molecular flexibility index (Phi) is 4.19. The van der Waals surface area contributed by atoms with E-state index < -0.39 is 0 Å². The highest BCUT2D eigenvalue weighted by atomic mass is 32.2. The van der Waals surface area contributed by atoms with E-state index >= 15 is 0 Å². The zero-order valence-corrected chi connectivity index (χ0v) is 12.3. The van der Waals surface area contributed by atoms with E-state index in [1.54, 1.807) is 12.1 Å². The number of hydrogen-bond acceptors (Lipinski definition) is 6. The maximum absolute atomic E-state index is 8.66. The van der Waals surface area contributed by atoms with Gasteiger partial charge in [0, 0.05) is 11.4 Å². The van der Waals surface area contributed by atoms with Gasteiger partial charge >= 0.3 is 0 Å². The summed E-state index contributed by atoms with van der Waals surface area (Å²) in [6.45, 7) is 5.90. The molecule has 0 aliphatic rings. The van der Waals surface area contributed by atoms with E-state index in [0.717, 1.165) is 17.0 Å². The Hall–Kier alpha value is -2.15. The van der Waals surface area contributed by atoms with Crippen molar-refractivity contribution in [2.45, 2.75) is 31.0 Å². The van der Waals surface area contributed by atoms with E-state index in [1.807, 2.05) is 26.8 Å². The molecule has 6 nitrogen and oxygen atoms in total. The molecule has 0 saturated carbocycles. The highest BCUT2D eigenvalue weighted by Crippen LogP contribution is 2.24. The quantitative estimate of drug-likeness (QED) is 0.295. The first-order chi connectivity index (χ1) is 9.51. The fourth-order valence-electron chi connectivity index (χ4n) is 1.55. The summed E-state index contributed by atoms with van der Waals surface area (Å²) in [5.74, 6) is -0.0235. The molecule has 2 aromatic heterocycles. The molecule has 0 amide bonds. The lowest BCUT2D eigenvalue weighted by Crippen LogP contribution is -2.15. The van der Waals surface area contributed by atoms with E-state index in [1.165, 1.54) is 11.8 Å². The largest absolute Gasteiger partial charge is 0.409 e. The van der Waals surface area contributed by atoms with Crippen molar-refractivity contribution in [2.75, 3.05) is 0 Å². The molecule has 0 bridgehead atoms. The number of nitrogens with two attached hydrogens (primary N) is 1. The van der Waals surface area contributed by atoms with Crippen molar-refractivity contribution in [3.63, 3.8) is 0 Å². The van der Waals surface area contributed by atoms with Gasteiger partial charge in [-0.3, -0.25) is 0 Å². The van der Waals surface area contributed by atoms with Crippen LogP contribution in [-0.4, -0.2) is 26.0 Å². The van der Waals surface area contributed by atoms with Crippen molar-refractivity contribution in [2.24, 2.45) is 10.9 Å². The number of aryl methyl sites for hydroxylation is 2. The molecular formula is C13H15N5OS. The molecule has 0 aliphatic carbocycles. The summed E-state index contributed by atoms with van der Waals surface area (Å²) >= 11 is 1.34. The third kappa shape index (κ3) is 3.05. The summed E-state index contributed by atoms with van der Waals surface area (Å²) in [5.41, 5.74) is 8.93. The second-order valence-corrected chi connectivity index (χ2v) is 5.24. The molecule has 7 heteroatoms. The van der Waals surface area contributed by atoms with Gasteiger partial charge in [0.1, 0.15) is 10.7 Å². The number of pyridine rings is 1. The Labute approximate surface area is 121 Å². The summed E-state index contributed by atoms with van der Waals surface area (Å²) in [4.78, 5) is 13.1. The molecule has 2 heterocycles. The standard InChI is InChI=1S/C13H15N5OS/c1-7-8(2)15-13(16-9(7)3)20-11-6-4-5-10(17-11)12(14)18-19/h4-6,19H,1-3H3,(H2,14,18). The maximum Gasteiger partial charge on any atom is 0.194 e. The molecule has 0 aliphatic heterocycles. The molecule has 0 aromatic carbocycles. The number of oxime groups is 1. The maximum atomic E-state index is 8.66. The smallest absolute Gasteiger partial charge is 0.194 e. The van der Waals surface area contributed by atoms with Gasteiger partial charge in [-0.25, -0.2) is 15.0 Å². The lowest BCUT2D eigenvalue weighted by atomic mass is 10.2. The molecule has 20 heavy (non-hydrogen) atoms. The molecule has 0 atom stereocenters. The molecule has 0 saturated heterocycles. The number of nitrogens with zero attached hydrogens (tertiary/aromatic N) is 4. The van der Waals surface area contributed by atoms with Gasteiger partial charge in [0.25, 0.3) is 0 Å². The number of hydrogen-bond donors (Lipinski definition) is 2. The van der Waals surface area contributed by atoms with Crippen LogP contribution in [0.5, 0.6) is 0 Å². The van der Waals surface area contributed by atoms with Gasteiger partial charge in [0.15, 0.2) is 11.0 Å². The van der Waals surface area contributed by atoms with E-state index in [-0.39, 0.29) is 5.84 Å². The fraction of sp³-hybridized carbons (Fsp3) is 0.231. The second kappa shape index (κ2) is 5.87. The first-order valence-electron chi connectivity index (χ1n) is 5.96. The molecule has 0 unspecified atom stereocenters. The SMILES string of the molecule is Cc1nc(Sc2cccc(C(N)=NO)n2)nc(C)c1C. The number of aromatic nitrogens is 3. The Morgan fingerprint density at radius 2 is 1.80 bits per heavy atom. The lowest BCUT2D eigenvalue weighted by Gasteiger charge is -2.07. The van der Waals surface area contributed by atoms with E-state index in [9.17, 15) is 0 Å². The Bertz CT molecular complexity index is 649. The van der Waals surface area contributed by atoms with Gasteiger partial charge in [-0.05, 0) is 50.2 Å². The zero-order valence-electron chi connectivity index (χ0n) is 11.5. The summed E-state index contributed by atoms with van der Waals surface area (Å²) in [6, 6.07) is 5.29. The number of amidine groups is 1. The highest BCUT2D eigenvalue weighted by molar-refractivity contribution is 7.99. The van der Waals surface area contributed by atoms with Crippen molar-refractivity contribution < 1.29 is 5.21 Å². The first kappa shape index (κ1) is 14.3. The van der Waals surface area contributed by atoms with Crippen LogP contribution in [0, 0.1) is 20.8 Å². The average Bonchev–Trinajstić information content (AvgIpc) is 2.44. The van der Waals surface area contributed by atoms with Gasteiger partial charge in [-0.1, -0.05) is 11.2 Å². The van der Waals surface area contributed by atoms with Gasteiger partial charge in [-0.15, -0.1) is 0 Å². The van der Waals surface area contributed by atoms with Gasteiger partial charge < -0.3 is 10.9 Å². The zero-order chi connectivity index (χ0) is 14.7. The summed E-state index contributed by atoms with van der Waals surface area (Å²) in [5, 5.41) is 12.9. The molecular weight excluding hydrogens is 274 g/mol. The van der Waals surface area contributed by atoms with Crippen molar-refractivity contribution in [3.05, 3.63) is 40.8 Å². The van der Waals surface area contributed by atoms with Crippen LogP contribution < -0.4 is 5.73 Å². The van der Waals surface area contributed by atoms with Gasteiger partial charge in [-0.2, -0.15) is 0 Å². The summed E-state index contributed by atoms with van der Waals surface area (Å²) in [7, 11) is 0. The third-order valence-electron chi connectivity index (χ3n) is 2.90. The third-order valence-corrected chi connectivity index (χ3v) is 3.70.